The Hall–Kier alpha value is -2.40. The summed E-state index contributed by atoms with van der Waals surface area (Å²) in [5, 5.41) is 16.1. The summed E-state index contributed by atoms with van der Waals surface area (Å²) < 4.78 is 0. The number of carbonyl (C=O) groups excluding carboxylic acids is 1. The van der Waals surface area contributed by atoms with Crippen LogP contribution in [0.1, 0.15) is 38.3 Å². The number of carbonyl (C=O) groups is 1. The molecular weight excluding hydrogens is 290 g/mol. The minimum Gasteiger partial charge on any atom is -0.507 e. The van der Waals surface area contributed by atoms with Crippen molar-refractivity contribution in [3.05, 3.63) is 57.9 Å². The van der Waals surface area contributed by atoms with Crippen LogP contribution in [0.15, 0.2) is 24.4 Å². The van der Waals surface area contributed by atoms with E-state index in [1.165, 1.54) is 11.1 Å². The number of phenolic OH excluding ortho intramolecular Hbond substituents is 1. The van der Waals surface area contributed by atoms with Gasteiger partial charge in [0.15, 0.2) is 0 Å². The zero-order valence-electron chi connectivity index (χ0n) is 13.4. The lowest BCUT2D eigenvalue weighted by Gasteiger charge is -2.21. The molecule has 0 radical (unpaired) electrons. The fraction of sp³-hybridized carbons (Fsp3) is 0.333. The zero-order chi connectivity index (χ0) is 16.4. The molecule has 5 nitrogen and oxygen atoms in total. The van der Waals surface area contributed by atoms with Gasteiger partial charge in [-0.15, -0.1) is 0 Å². The predicted octanol–water partition coefficient (Wildman–Crippen LogP) is 1.98. The van der Waals surface area contributed by atoms with Crippen LogP contribution in [0.3, 0.4) is 0 Å². The first kappa shape index (κ1) is 15.5. The summed E-state index contributed by atoms with van der Waals surface area (Å²) in [6, 6.07) is 5.02. The maximum atomic E-state index is 12.4. The maximum absolute atomic E-state index is 12.4. The molecule has 2 aromatic rings. The highest BCUT2D eigenvalue weighted by Gasteiger charge is 2.17. The SMILES string of the molecule is Cc1ccc(O)c(C(=O)NCc2c(C)ncc3c2CCNC3)c1. The summed E-state index contributed by atoms with van der Waals surface area (Å²) in [6.07, 6.45) is 2.86. The van der Waals surface area contributed by atoms with E-state index in [4.69, 9.17) is 0 Å². The number of hydrogen-bond donors (Lipinski definition) is 3. The number of benzene rings is 1. The third-order valence-corrected chi connectivity index (χ3v) is 4.29. The van der Waals surface area contributed by atoms with E-state index in [1.807, 2.05) is 20.0 Å². The van der Waals surface area contributed by atoms with Crippen molar-refractivity contribution in [2.45, 2.75) is 33.4 Å². The number of rotatable bonds is 3. The molecule has 0 fully saturated rings. The molecule has 23 heavy (non-hydrogen) atoms. The largest absolute Gasteiger partial charge is 0.507 e. The molecule has 0 atom stereocenters. The molecule has 0 bridgehead atoms. The number of hydrogen-bond acceptors (Lipinski definition) is 4. The van der Waals surface area contributed by atoms with E-state index in [9.17, 15) is 9.90 Å². The van der Waals surface area contributed by atoms with Gasteiger partial charge >= 0.3 is 0 Å². The molecule has 2 heterocycles. The molecule has 1 aliphatic heterocycles. The number of aromatic nitrogens is 1. The predicted molar refractivity (Wildman–Crippen MR) is 88.4 cm³/mol. The highest BCUT2D eigenvalue weighted by atomic mass is 16.3. The van der Waals surface area contributed by atoms with Crippen molar-refractivity contribution in [2.24, 2.45) is 0 Å². The van der Waals surface area contributed by atoms with Gasteiger partial charge in [-0.05, 0) is 55.6 Å². The fourth-order valence-corrected chi connectivity index (χ4v) is 2.97. The lowest BCUT2D eigenvalue weighted by atomic mass is 9.96. The molecule has 1 aliphatic rings. The lowest BCUT2D eigenvalue weighted by molar-refractivity contribution is 0.0948. The van der Waals surface area contributed by atoms with Gasteiger partial charge in [0.1, 0.15) is 5.75 Å². The first-order valence-corrected chi connectivity index (χ1v) is 7.81. The monoisotopic (exact) mass is 311 g/mol. The van der Waals surface area contributed by atoms with Crippen molar-refractivity contribution in [1.29, 1.82) is 0 Å². The van der Waals surface area contributed by atoms with Gasteiger partial charge in [0.2, 0.25) is 0 Å². The topological polar surface area (TPSA) is 74.2 Å². The van der Waals surface area contributed by atoms with Crippen LogP contribution in [0.4, 0.5) is 0 Å². The van der Waals surface area contributed by atoms with Gasteiger partial charge in [-0.2, -0.15) is 0 Å². The van der Waals surface area contributed by atoms with Gasteiger partial charge in [-0.3, -0.25) is 9.78 Å². The van der Waals surface area contributed by atoms with Crippen LogP contribution in [-0.4, -0.2) is 22.5 Å². The van der Waals surface area contributed by atoms with Crippen molar-refractivity contribution < 1.29 is 9.90 Å². The molecule has 0 saturated heterocycles. The van der Waals surface area contributed by atoms with Crippen LogP contribution in [0.5, 0.6) is 5.75 Å². The molecule has 0 aliphatic carbocycles. The summed E-state index contributed by atoms with van der Waals surface area (Å²) in [5.41, 5.74) is 5.76. The van der Waals surface area contributed by atoms with Crippen molar-refractivity contribution in [3.8, 4) is 5.75 Å². The third kappa shape index (κ3) is 3.19. The van der Waals surface area contributed by atoms with E-state index in [-0.39, 0.29) is 11.7 Å². The van der Waals surface area contributed by atoms with E-state index in [1.54, 1.807) is 18.2 Å². The van der Waals surface area contributed by atoms with E-state index < -0.39 is 0 Å². The molecule has 0 unspecified atom stereocenters. The summed E-state index contributed by atoms with van der Waals surface area (Å²) in [7, 11) is 0. The number of aromatic hydroxyl groups is 1. The minimum atomic E-state index is -0.267. The number of phenols is 1. The minimum absolute atomic E-state index is 0.00207. The van der Waals surface area contributed by atoms with Crippen molar-refractivity contribution in [1.82, 2.24) is 15.6 Å². The Morgan fingerprint density at radius 1 is 1.39 bits per heavy atom. The number of pyridine rings is 1. The van der Waals surface area contributed by atoms with Gasteiger partial charge < -0.3 is 15.7 Å². The second kappa shape index (κ2) is 6.38. The van der Waals surface area contributed by atoms with E-state index >= 15 is 0 Å². The zero-order valence-corrected chi connectivity index (χ0v) is 13.4. The second-order valence-electron chi connectivity index (χ2n) is 5.96. The molecule has 1 aromatic carbocycles. The summed E-state index contributed by atoms with van der Waals surface area (Å²) in [5.74, 6) is -0.264. The van der Waals surface area contributed by atoms with Crippen molar-refractivity contribution in [3.63, 3.8) is 0 Å². The number of amides is 1. The maximum Gasteiger partial charge on any atom is 0.255 e. The summed E-state index contributed by atoms with van der Waals surface area (Å²) in [4.78, 5) is 16.8. The van der Waals surface area contributed by atoms with Crippen LogP contribution < -0.4 is 10.6 Å². The van der Waals surface area contributed by atoms with E-state index in [0.717, 1.165) is 36.3 Å². The Morgan fingerprint density at radius 2 is 2.22 bits per heavy atom. The van der Waals surface area contributed by atoms with Crippen LogP contribution in [0.2, 0.25) is 0 Å². The van der Waals surface area contributed by atoms with Crippen molar-refractivity contribution >= 4 is 5.91 Å². The molecule has 1 aromatic heterocycles. The van der Waals surface area contributed by atoms with Gasteiger partial charge in [0, 0.05) is 25.0 Å². The van der Waals surface area contributed by atoms with E-state index in [0.29, 0.717) is 12.1 Å². The first-order chi connectivity index (χ1) is 11.1. The quantitative estimate of drug-likeness (QED) is 0.810. The van der Waals surface area contributed by atoms with E-state index in [2.05, 4.69) is 15.6 Å². The molecule has 120 valence electrons. The fourth-order valence-electron chi connectivity index (χ4n) is 2.97. The van der Waals surface area contributed by atoms with Crippen molar-refractivity contribution in [2.75, 3.05) is 6.54 Å². The number of aryl methyl sites for hydroxylation is 2. The average molecular weight is 311 g/mol. The highest BCUT2D eigenvalue weighted by molar-refractivity contribution is 5.96. The molecule has 3 N–H and O–H groups in total. The normalized spacial score (nSPS) is 13.5. The van der Waals surface area contributed by atoms with Gasteiger partial charge in [-0.25, -0.2) is 0 Å². The molecule has 5 heteroatoms. The Bertz CT molecular complexity index is 756. The Balaban J connectivity index is 1.81. The second-order valence-corrected chi connectivity index (χ2v) is 5.96. The Labute approximate surface area is 135 Å². The number of nitrogens with one attached hydrogen (secondary N) is 2. The molecule has 0 spiro atoms. The van der Waals surface area contributed by atoms with Gasteiger partial charge in [0.25, 0.3) is 5.91 Å². The summed E-state index contributed by atoms with van der Waals surface area (Å²) in [6.45, 7) is 6.05. The third-order valence-electron chi connectivity index (χ3n) is 4.29. The smallest absolute Gasteiger partial charge is 0.255 e. The van der Waals surface area contributed by atoms with Crippen LogP contribution >= 0.6 is 0 Å². The van der Waals surface area contributed by atoms with Gasteiger partial charge in [-0.1, -0.05) is 11.6 Å². The van der Waals surface area contributed by atoms with Crippen LogP contribution in [0, 0.1) is 13.8 Å². The summed E-state index contributed by atoms with van der Waals surface area (Å²) >= 11 is 0. The molecule has 1 amide bonds. The number of fused-ring (bicyclic) bond motifs is 1. The molecule has 0 saturated carbocycles. The highest BCUT2D eigenvalue weighted by Crippen LogP contribution is 2.21. The Morgan fingerprint density at radius 3 is 3.04 bits per heavy atom. The molecular formula is C18H21N3O2. The standard InChI is InChI=1S/C18H21N3O2/c1-11-3-4-17(22)15(7-11)18(23)21-10-16-12(2)20-9-13-8-19-6-5-14(13)16/h3-4,7,9,19,22H,5-6,8,10H2,1-2H3,(H,21,23). The average Bonchev–Trinajstić information content (AvgIpc) is 2.56. The van der Waals surface area contributed by atoms with Crippen LogP contribution in [-0.2, 0) is 19.5 Å². The lowest BCUT2D eigenvalue weighted by Crippen LogP contribution is -2.28. The molecule has 3 rings (SSSR count). The Kier molecular flexibility index (Phi) is 4.30. The van der Waals surface area contributed by atoms with Gasteiger partial charge in [0.05, 0.1) is 5.56 Å². The van der Waals surface area contributed by atoms with Crippen LogP contribution in [0.25, 0.3) is 0 Å². The first-order valence-electron chi connectivity index (χ1n) is 7.81. The number of nitrogens with zero attached hydrogens (tertiary/aromatic N) is 1.